The first-order valence-corrected chi connectivity index (χ1v) is 14.9. The van der Waals surface area contributed by atoms with E-state index in [1.165, 1.54) is 52.4 Å². The number of aliphatic hydroxyl groups is 2. The smallest absolute Gasteiger partial charge is 0.549 e. The molecule has 0 fully saturated rings. The maximum absolute atomic E-state index is 11.2. The molecule has 0 amide bonds. The Morgan fingerprint density at radius 3 is 0.951 bits per heavy atom. The molecule has 0 aliphatic carbocycles. The molecule has 0 saturated heterocycles. The maximum atomic E-state index is 11.2. The van der Waals surface area contributed by atoms with Gasteiger partial charge in [0, 0.05) is 24.0 Å². The predicted molar refractivity (Wildman–Crippen MR) is 158 cm³/mol. The number of hydrogen-bond acceptors (Lipinski definition) is 8. The van der Waals surface area contributed by atoms with E-state index in [0.717, 1.165) is 12.8 Å². The van der Waals surface area contributed by atoms with Crippen molar-refractivity contribution in [1.82, 2.24) is 0 Å². The molecule has 9 heteroatoms. The number of hydrogen-bond donors (Lipinski definition) is 2. The summed E-state index contributed by atoms with van der Waals surface area (Å²) in [7, 11) is 0. The van der Waals surface area contributed by atoms with Crippen molar-refractivity contribution >= 4 is 23.5 Å². The summed E-state index contributed by atoms with van der Waals surface area (Å²) < 4.78 is 0. The van der Waals surface area contributed by atoms with Crippen molar-refractivity contribution in [3.63, 3.8) is 0 Å². The van der Waals surface area contributed by atoms with Gasteiger partial charge >= 0.3 is 26.2 Å². The first-order chi connectivity index (χ1) is 18.2. The average molecular weight is 666 g/mol. The molecular weight excluding hydrogens is 604 g/mol. The Kier molecular flexibility index (Phi) is 33.8. The third kappa shape index (κ3) is 29.0. The summed E-state index contributed by atoms with van der Waals surface area (Å²) in [5.74, 6) is -4.08. The molecule has 0 saturated carbocycles. The second-order valence-corrected chi connectivity index (χ2v) is 12.5. The van der Waals surface area contributed by atoms with Gasteiger partial charge in [-0.1, -0.05) is 122 Å². The van der Waals surface area contributed by atoms with E-state index in [1.54, 1.807) is 41.5 Å². The van der Waals surface area contributed by atoms with Crippen LogP contribution < -0.4 is 10.2 Å². The molecule has 0 aromatic carbocycles. The Bertz CT molecular complexity index is 614. The van der Waals surface area contributed by atoms with Crippen molar-refractivity contribution in [3.05, 3.63) is 0 Å². The van der Waals surface area contributed by atoms with Gasteiger partial charge in [0.2, 0.25) is 0 Å². The zero-order chi connectivity index (χ0) is 32.7. The normalized spacial score (nSPS) is 13.6. The fraction of sp³-hybridized carbons (Fsp3) is 0.875. The van der Waals surface area contributed by atoms with E-state index >= 15 is 0 Å². The summed E-state index contributed by atoms with van der Waals surface area (Å²) in [4.78, 5) is 42.9. The van der Waals surface area contributed by atoms with Gasteiger partial charge < -0.3 is 30.0 Å². The van der Waals surface area contributed by atoms with Crippen molar-refractivity contribution in [2.75, 3.05) is 13.2 Å². The quantitative estimate of drug-likeness (QED) is 0.259. The van der Waals surface area contributed by atoms with Gasteiger partial charge in [0.1, 0.15) is 11.6 Å². The molecule has 0 radical (unpaired) electrons. The van der Waals surface area contributed by atoms with Crippen molar-refractivity contribution in [3.8, 4) is 0 Å². The van der Waals surface area contributed by atoms with Gasteiger partial charge in [-0.3, -0.25) is 9.59 Å². The number of carboxylic acids is 2. The van der Waals surface area contributed by atoms with E-state index in [4.69, 9.17) is 10.2 Å². The van der Waals surface area contributed by atoms with Crippen LogP contribution in [0.5, 0.6) is 0 Å². The van der Waals surface area contributed by atoms with Gasteiger partial charge in [-0.15, -0.1) is 0 Å². The van der Waals surface area contributed by atoms with E-state index in [2.05, 4.69) is 27.7 Å². The molecule has 4 unspecified atom stereocenters. The minimum absolute atomic E-state index is 0. The van der Waals surface area contributed by atoms with E-state index in [-0.39, 0.29) is 37.8 Å². The molecule has 0 aromatic rings. The van der Waals surface area contributed by atoms with Crippen LogP contribution >= 0.6 is 0 Å². The summed E-state index contributed by atoms with van der Waals surface area (Å²) in [6, 6.07) is 0. The van der Waals surface area contributed by atoms with Crippen LogP contribution in [0.2, 0.25) is 0 Å². The van der Waals surface area contributed by atoms with Gasteiger partial charge in [0.15, 0.2) is 0 Å². The van der Waals surface area contributed by atoms with Gasteiger partial charge in [0.25, 0.3) is 0 Å². The van der Waals surface area contributed by atoms with Crippen LogP contribution in [0.25, 0.3) is 0 Å². The third-order valence-corrected chi connectivity index (χ3v) is 6.58. The summed E-state index contributed by atoms with van der Waals surface area (Å²) in [5, 5.41) is 38.0. The summed E-state index contributed by atoms with van der Waals surface area (Å²) in [5.41, 5.74) is -1.20. The molecular formula is C32H62O8Zr. The minimum Gasteiger partial charge on any atom is -0.549 e. The van der Waals surface area contributed by atoms with Crippen LogP contribution in [0.4, 0.5) is 0 Å². The standard InChI is InChI=1S/2C8H14O3.2C8H18O.Zr/c2*1-5(7(10)11)6(9)8(2,3)4;2*1-3-5-6-8(4-2)7-9;/h2*5H,1-4H3,(H,10,11);2*8-9H,3-7H2,1-2H3;/q;;;;+2/p-2. The molecule has 0 aliphatic heterocycles. The average Bonchev–Trinajstić information content (AvgIpc) is 2.88. The molecule has 41 heavy (non-hydrogen) atoms. The molecule has 0 rings (SSSR count). The van der Waals surface area contributed by atoms with Gasteiger partial charge in [-0.05, 0) is 24.7 Å². The Hall–Kier alpha value is -0.917. The fourth-order valence-corrected chi connectivity index (χ4v) is 3.35. The topological polar surface area (TPSA) is 155 Å². The molecule has 242 valence electrons. The molecule has 8 nitrogen and oxygen atoms in total. The molecule has 0 aromatic heterocycles. The molecule has 0 aliphatic rings. The zero-order valence-electron chi connectivity index (χ0n) is 28.2. The number of aliphatic carboxylic acids is 2. The van der Waals surface area contributed by atoms with E-state index in [1.807, 2.05) is 0 Å². The van der Waals surface area contributed by atoms with Gasteiger partial charge in [0.05, 0.1) is 23.8 Å². The number of ketones is 2. The number of aliphatic hydroxyl groups excluding tert-OH is 2. The molecule has 0 heterocycles. The van der Waals surface area contributed by atoms with E-state index < -0.39 is 34.6 Å². The van der Waals surface area contributed by atoms with Crippen molar-refractivity contribution in [2.45, 2.75) is 134 Å². The van der Waals surface area contributed by atoms with Crippen LogP contribution in [-0.2, 0) is 45.4 Å². The van der Waals surface area contributed by atoms with Crippen molar-refractivity contribution in [2.24, 2.45) is 34.5 Å². The zero-order valence-corrected chi connectivity index (χ0v) is 30.7. The predicted octanol–water partition coefficient (Wildman–Crippen LogP) is 4.36. The third-order valence-electron chi connectivity index (χ3n) is 6.58. The number of unbranched alkanes of at least 4 members (excludes halogenated alkanes) is 2. The van der Waals surface area contributed by atoms with Crippen molar-refractivity contribution < 1.29 is 65.8 Å². The summed E-state index contributed by atoms with van der Waals surface area (Å²) in [6.07, 6.45) is 9.66. The molecule has 2 N–H and O–H groups in total. The maximum Gasteiger partial charge on any atom is 2.00 e. The molecule has 0 bridgehead atoms. The molecule has 0 spiro atoms. The molecule has 4 atom stereocenters. The monoisotopic (exact) mass is 664 g/mol. The number of carboxylic acid groups (broad SMARTS) is 2. The SMILES string of the molecule is CC(C(=O)[O-])C(=O)C(C)(C)C.CC(C(=O)[O-])C(=O)C(C)(C)C.CCCCC(CC)CO.CCCCC(CC)CO.[Zr+2]. The Morgan fingerprint density at radius 2 is 0.854 bits per heavy atom. The van der Waals surface area contributed by atoms with Crippen LogP contribution in [0.3, 0.4) is 0 Å². The second kappa shape index (κ2) is 27.9. The Balaban J connectivity index is -0.000000140. The minimum atomic E-state index is -1.30. The first kappa shape index (κ1) is 49.7. The fourth-order valence-electron chi connectivity index (χ4n) is 3.35. The Morgan fingerprint density at radius 1 is 0.610 bits per heavy atom. The van der Waals surface area contributed by atoms with Gasteiger partial charge in [-0.2, -0.15) is 0 Å². The number of carbonyl (C=O) groups excluding carboxylic acids is 4. The van der Waals surface area contributed by atoms with Crippen LogP contribution in [0.15, 0.2) is 0 Å². The first-order valence-electron chi connectivity index (χ1n) is 14.9. The Labute approximate surface area is 270 Å². The number of carbonyl (C=O) groups is 4. The summed E-state index contributed by atoms with van der Waals surface area (Å²) in [6.45, 7) is 22.2. The number of rotatable bonds is 14. The van der Waals surface area contributed by atoms with Crippen LogP contribution in [-0.4, -0.2) is 46.9 Å². The van der Waals surface area contributed by atoms with E-state index in [0.29, 0.717) is 25.0 Å². The van der Waals surface area contributed by atoms with Crippen LogP contribution in [0, 0.1) is 34.5 Å². The van der Waals surface area contributed by atoms with Crippen molar-refractivity contribution in [1.29, 1.82) is 0 Å². The van der Waals surface area contributed by atoms with E-state index in [9.17, 15) is 29.4 Å². The van der Waals surface area contributed by atoms with Crippen LogP contribution in [0.1, 0.15) is 134 Å². The van der Waals surface area contributed by atoms with Gasteiger partial charge in [-0.25, -0.2) is 0 Å². The largest absolute Gasteiger partial charge is 2.00 e. The number of Topliss-reactive ketones (excluding diaryl/α,β-unsaturated/α-hetero) is 2. The second-order valence-electron chi connectivity index (χ2n) is 12.5. The summed E-state index contributed by atoms with van der Waals surface area (Å²) >= 11 is 0.